The van der Waals surface area contributed by atoms with Gasteiger partial charge in [0.1, 0.15) is 5.75 Å². The standard InChI is InChI=1S/C11H10Cl2O/c1-2-3-4-7-14-11-8-9(12)5-6-10(11)13/h1,5-6,8H,3-4,7H2. The van der Waals surface area contributed by atoms with Crippen LogP contribution in [0.15, 0.2) is 18.2 Å². The molecule has 1 rings (SSSR count). The number of terminal acetylenes is 1. The van der Waals surface area contributed by atoms with Crippen molar-refractivity contribution in [2.75, 3.05) is 6.61 Å². The number of halogens is 2. The molecule has 14 heavy (non-hydrogen) atoms. The van der Waals surface area contributed by atoms with Gasteiger partial charge in [0.25, 0.3) is 0 Å². The molecule has 0 atom stereocenters. The van der Waals surface area contributed by atoms with E-state index < -0.39 is 0 Å². The number of hydrogen-bond donors (Lipinski definition) is 0. The van der Waals surface area contributed by atoms with Crippen LogP contribution < -0.4 is 4.74 Å². The molecule has 0 N–H and O–H groups in total. The van der Waals surface area contributed by atoms with Crippen LogP contribution in [0.25, 0.3) is 0 Å². The summed E-state index contributed by atoms with van der Waals surface area (Å²) in [6, 6.07) is 5.12. The predicted molar refractivity (Wildman–Crippen MR) is 60.0 cm³/mol. The second kappa shape index (κ2) is 5.80. The van der Waals surface area contributed by atoms with Crippen LogP contribution in [0, 0.1) is 12.3 Å². The lowest BCUT2D eigenvalue weighted by Gasteiger charge is -2.06. The maximum atomic E-state index is 5.89. The average molecular weight is 229 g/mol. The molecule has 0 aliphatic rings. The lowest BCUT2D eigenvalue weighted by molar-refractivity contribution is 0.313. The van der Waals surface area contributed by atoms with E-state index in [9.17, 15) is 0 Å². The van der Waals surface area contributed by atoms with Crippen LogP contribution >= 0.6 is 23.2 Å². The van der Waals surface area contributed by atoms with Gasteiger partial charge in [-0.15, -0.1) is 12.3 Å². The van der Waals surface area contributed by atoms with Crippen molar-refractivity contribution in [3.05, 3.63) is 28.2 Å². The van der Waals surface area contributed by atoms with E-state index in [0.29, 0.717) is 28.8 Å². The van der Waals surface area contributed by atoms with Crippen molar-refractivity contribution in [1.82, 2.24) is 0 Å². The molecule has 1 aromatic rings. The Hall–Kier alpha value is -0.840. The first-order valence-corrected chi connectivity index (χ1v) is 5.01. The number of hydrogen-bond acceptors (Lipinski definition) is 1. The van der Waals surface area contributed by atoms with Crippen LogP contribution in [0.3, 0.4) is 0 Å². The van der Waals surface area contributed by atoms with E-state index in [-0.39, 0.29) is 0 Å². The zero-order valence-electron chi connectivity index (χ0n) is 7.59. The molecule has 0 heterocycles. The third-order valence-electron chi connectivity index (χ3n) is 1.62. The average Bonchev–Trinajstić information content (AvgIpc) is 2.18. The second-order valence-corrected chi connectivity index (χ2v) is 3.57. The summed E-state index contributed by atoms with van der Waals surface area (Å²) in [5.41, 5.74) is 0. The van der Waals surface area contributed by atoms with Crippen LogP contribution in [0.1, 0.15) is 12.8 Å². The Bertz CT molecular complexity index is 342. The Balaban J connectivity index is 2.50. The van der Waals surface area contributed by atoms with E-state index in [2.05, 4.69) is 5.92 Å². The molecule has 0 fully saturated rings. The van der Waals surface area contributed by atoms with Gasteiger partial charge in [0.15, 0.2) is 0 Å². The van der Waals surface area contributed by atoms with Crippen LogP contribution in [-0.4, -0.2) is 6.61 Å². The lowest BCUT2D eigenvalue weighted by Crippen LogP contribution is -1.97. The Morgan fingerprint density at radius 1 is 1.36 bits per heavy atom. The van der Waals surface area contributed by atoms with Gasteiger partial charge in [0, 0.05) is 17.5 Å². The first kappa shape index (κ1) is 11.2. The molecule has 1 nitrogen and oxygen atoms in total. The monoisotopic (exact) mass is 228 g/mol. The number of unbranched alkanes of at least 4 members (excludes halogenated alkanes) is 1. The maximum absolute atomic E-state index is 5.89. The largest absolute Gasteiger partial charge is 0.492 e. The zero-order chi connectivity index (χ0) is 10.4. The van der Waals surface area contributed by atoms with E-state index in [4.69, 9.17) is 34.4 Å². The van der Waals surface area contributed by atoms with Crippen LogP contribution in [-0.2, 0) is 0 Å². The highest BCUT2D eigenvalue weighted by molar-refractivity contribution is 6.34. The summed E-state index contributed by atoms with van der Waals surface area (Å²) in [6.07, 6.45) is 6.63. The van der Waals surface area contributed by atoms with Crippen molar-refractivity contribution in [2.24, 2.45) is 0 Å². The van der Waals surface area contributed by atoms with Crippen LogP contribution in [0.4, 0.5) is 0 Å². The van der Waals surface area contributed by atoms with Gasteiger partial charge >= 0.3 is 0 Å². The fourth-order valence-electron chi connectivity index (χ4n) is 0.944. The molecule has 0 saturated heterocycles. The van der Waals surface area contributed by atoms with E-state index in [1.165, 1.54) is 0 Å². The highest BCUT2D eigenvalue weighted by Crippen LogP contribution is 2.27. The summed E-state index contributed by atoms with van der Waals surface area (Å²) in [5.74, 6) is 3.15. The van der Waals surface area contributed by atoms with Gasteiger partial charge in [0.2, 0.25) is 0 Å². The van der Waals surface area contributed by atoms with Crippen molar-refractivity contribution in [1.29, 1.82) is 0 Å². The van der Waals surface area contributed by atoms with Gasteiger partial charge in [0.05, 0.1) is 11.6 Å². The van der Waals surface area contributed by atoms with Gasteiger partial charge in [-0.3, -0.25) is 0 Å². The molecule has 74 valence electrons. The molecular weight excluding hydrogens is 219 g/mol. The maximum Gasteiger partial charge on any atom is 0.139 e. The number of ether oxygens (including phenoxy) is 1. The minimum absolute atomic E-state index is 0.560. The normalized spacial score (nSPS) is 9.50. The van der Waals surface area contributed by atoms with Crippen molar-refractivity contribution in [3.8, 4) is 18.1 Å². The summed E-state index contributed by atoms with van der Waals surface area (Å²) >= 11 is 11.7. The molecule has 1 aromatic carbocycles. The Labute approximate surface area is 94.0 Å². The summed E-state index contributed by atoms with van der Waals surface area (Å²) in [7, 11) is 0. The van der Waals surface area contributed by atoms with Gasteiger partial charge < -0.3 is 4.74 Å². The molecule has 0 aromatic heterocycles. The van der Waals surface area contributed by atoms with Gasteiger partial charge in [-0.25, -0.2) is 0 Å². The summed E-state index contributed by atoms with van der Waals surface area (Å²) in [5, 5.41) is 1.18. The van der Waals surface area contributed by atoms with Crippen LogP contribution in [0.5, 0.6) is 5.75 Å². The van der Waals surface area contributed by atoms with Gasteiger partial charge in [-0.05, 0) is 18.6 Å². The Morgan fingerprint density at radius 2 is 2.14 bits per heavy atom. The molecule has 0 saturated carbocycles. The molecule has 0 spiro atoms. The quantitative estimate of drug-likeness (QED) is 0.563. The molecule has 0 bridgehead atoms. The smallest absolute Gasteiger partial charge is 0.139 e. The fraction of sp³-hybridized carbons (Fsp3) is 0.273. The van der Waals surface area contributed by atoms with Crippen molar-refractivity contribution in [2.45, 2.75) is 12.8 Å². The minimum Gasteiger partial charge on any atom is -0.492 e. The first-order chi connectivity index (χ1) is 6.74. The number of benzene rings is 1. The lowest BCUT2D eigenvalue weighted by atomic mass is 10.3. The zero-order valence-corrected chi connectivity index (χ0v) is 9.11. The van der Waals surface area contributed by atoms with Crippen molar-refractivity contribution in [3.63, 3.8) is 0 Å². The predicted octanol–water partition coefficient (Wildman–Crippen LogP) is 3.79. The minimum atomic E-state index is 0.560. The van der Waals surface area contributed by atoms with Crippen LogP contribution in [0.2, 0.25) is 10.0 Å². The summed E-state index contributed by atoms with van der Waals surface area (Å²) < 4.78 is 5.41. The molecule has 0 aliphatic heterocycles. The molecule has 0 amide bonds. The highest BCUT2D eigenvalue weighted by atomic mass is 35.5. The third-order valence-corrected chi connectivity index (χ3v) is 2.16. The van der Waals surface area contributed by atoms with E-state index in [0.717, 1.165) is 6.42 Å². The third kappa shape index (κ3) is 3.49. The first-order valence-electron chi connectivity index (χ1n) is 4.25. The second-order valence-electron chi connectivity index (χ2n) is 2.73. The Morgan fingerprint density at radius 3 is 2.86 bits per heavy atom. The molecule has 3 heteroatoms. The van der Waals surface area contributed by atoms with Crippen molar-refractivity contribution >= 4 is 23.2 Å². The molecule has 0 unspecified atom stereocenters. The summed E-state index contributed by atoms with van der Waals surface area (Å²) in [6.45, 7) is 0.560. The number of rotatable bonds is 4. The van der Waals surface area contributed by atoms with E-state index >= 15 is 0 Å². The SMILES string of the molecule is C#CCCCOc1cc(Cl)ccc1Cl. The Kier molecular flexibility index (Phi) is 4.65. The highest BCUT2D eigenvalue weighted by Gasteiger charge is 2.01. The van der Waals surface area contributed by atoms with E-state index in [1.54, 1.807) is 18.2 Å². The van der Waals surface area contributed by atoms with Crippen molar-refractivity contribution < 1.29 is 4.74 Å². The van der Waals surface area contributed by atoms with Gasteiger partial charge in [-0.1, -0.05) is 23.2 Å². The molecule has 0 aliphatic carbocycles. The van der Waals surface area contributed by atoms with Gasteiger partial charge in [-0.2, -0.15) is 0 Å². The summed E-state index contributed by atoms with van der Waals surface area (Å²) in [4.78, 5) is 0. The topological polar surface area (TPSA) is 9.23 Å². The fourth-order valence-corrected chi connectivity index (χ4v) is 1.28. The van der Waals surface area contributed by atoms with E-state index in [1.807, 2.05) is 0 Å². The molecule has 0 radical (unpaired) electrons. The molecular formula is C11H10Cl2O.